The molecule has 0 bridgehead atoms. The number of hydrogen-bond acceptors (Lipinski definition) is 4. The van der Waals surface area contributed by atoms with Crippen molar-refractivity contribution in [1.29, 1.82) is 0 Å². The SMILES string of the molecule is CNC(=O)[C@@H](Cc1ccccc1)N(Cc1ccc(Cl)cc1)C(=O)CN(C)S(C)(=O)=O. The number of benzene rings is 2. The molecule has 0 aliphatic heterocycles. The lowest BCUT2D eigenvalue weighted by atomic mass is 10.0. The van der Waals surface area contributed by atoms with Gasteiger partial charge in [0.05, 0.1) is 12.8 Å². The minimum absolute atomic E-state index is 0.137. The minimum Gasteiger partial charge on any atom is -0.357 e. The molecule has 162 valence electrons. The fourth-order valence-corrected chi connectivity index (χ4v) is 3.38. The van der Waals surface area contributed by atoms with Gasteiger partial charge in [-0.25, -0.2) is 8.42 Å². The first-order valence-corrected chi connectivity index (χ1v) is 11.5. The average molecular weight is 452 g/mol. The molecule has 0 saturated carbocycles. The van der Waals surface area contributed by atoms with Crippen LogP contribution in [-0.4, -0.2) is 62.4 Å². The third-order valence-corrected chi connectivity index (χ3v) is 6.22. The van der Waals surface area contributed by atoms with Crippen LogP contribution in [0.1, 0.15) is 11.1 Å². The molecule has 0 aliphatic rings. The van der Waals surface area contributed by atoms with Gasteiger partial charge in [-0.15, -0.1) is 0 Å². The lowest BCUT2D eigenvalue weighted by molar-refractivity contribution is -0.141. The number of nitrogens with zero attached hydrogens (tertiary/aromatic N) is 2. The zero-order chi connectivity index (χ0) is 22.3. The summed E-state index contributed by atoms with van der Waals surface area (Å²) in [5.41, 5.74) is 1.66. The van der Waals surface area contributed by atoms with Gasteiger partial charge >= 0.3 is 0 Å². The van der Waals surface area contributed by atoms with Crippen LogP contribution in [0.4, 0.5) is 0 Å². The largest absolute Gasteiger partial charge is 0.357 e. The Morgan fingerprint density at radius 1 is 1.03 bits per heavy atom. The zero-order valence-corrected chi connectivity index (χ0v) is 18.8. The topological polar surface area (TPSA) is 86.8 Å². The Hall–Kier alpha value is -2.42. The number of rotatable bonds is 9. The van der Waals surface area contributed by atoms with Crippen molar-refractivity contribution in [2.45, 2.75) is 19.0 Å². The molecule has 1 N–H and O–H groups in total. The van der Waals surface area contributed by atoms with E-state index in [2.05, 4.69) is 5.32 Å². The summed E-state index contributed by atoms with van der Waals surface area (Å²) in [6, 6.07) is 15.5. The van der Waals surface area contributed by atoms with E-state index in [1.165, 1.54) is 19.0 Å². The van der Waals surface area contributed by atoms with Crippen LogP contribution in [0.2, 0.25) is 5.02 Å². The Morgan fingerprint density at radius 3 is 2.17 bits per heavy atom. The first-order valence-electron chi connectivity index (χ1n) is 9.32. The van der Waals surface area contributed by atoms with Crippen molar-refractivity contribution in [3.05, 3.63) is 70.7 Å². The molecule has 0 radical (unpaired) electrons. The predicted molar refractivity (Wildman–Crippen MR) is 117 cm³/mol. The molecule has 2 amide bonds. The number of nitrogens with one attached hydrogen (secondary N) is 1. The van der Waals surface area contributed by atoms with Crippen molar-refractivity contribution in [2.24, 2.45) is 0 Å². The number of hydrogen-bond donors (Lipinski definition) is 1. The molecule has 0 fully saturated rings. The highest BCUT2D eigenvalue weighted by Crippen LogP contribution is 2.17. The predicted octanol–water partition coefficient (Wildman–Crippen LogP) is 1.92. The van der Waals surface area contributed by atoms with Crippen LogP contribution in [0, 0.1) is 0 Å². The van der Waals surface area contributed by atoms with Gasteiger partial charge in [-0.1, -0.05) is 54.1 Å². The van der Waals surface area contributed by atoms with E-state index in [0.717, 1.165) is 21.7 Å². The first-order chi connectivity index (χ1) is 14.1. The van der Waals surface area contributed by atoms with Gasteiger partial charge in [-0.3, -0.25) is 9.59 Å². The number of sulfonamides is 1. The minimum atomic E-state index is -3.55. The Kier molecular flexibility index (Phi) is 8.40. The van der Waals surface area contributed by atoms with Gasteiger partial charge in [0.1, 0.15) is 6.04 Å². The number of amides is 2. The number of carbonyl (C=O) groups excluding carboxylic acids is 2. The summed E-state index contributed by atoms with van der Waals surface area (Å²) in [7, 11) is -0.711. The van der Waals surface area contributed by atoms with Crippen LogP contribution in [0.25, 0.3) is 0 Å². The van der Waals surface area contributed by atoms with Crippen molar-refractivity contribution < 1.29 is 18.0 Å². The molecule has 0 spiro atoms. The van der Waals surface area contributed by atoms with E-state index in [1.54, 1.807) is 24.3 Å². The summed E-state index contributed by atoms with van der Waals surface area (Å²) < 4.78 is 24.6. The molecule has 0 unspecified atom stereocenters. The maximum atomic E-state index is 13.1. The summed E-state index contributed by atoms with van der Waals surface area (Å²) in [5.74, 6) is -0.800. The molecule has 7 nitrogen and oxygen atoms in total. The summed E-state index contributed by atoms with van der Waals surface area (Å²) in [5, 5.41) is 3.17. The Morgan fingerprint density at radius 2 is 1.63 bits per heavy atom. The van der Waals surface area contributed by atoms with E-state index in [1.807, 2.05) is 30.3 Å². The highest BCUT2D eigenvalue weighted by atomic mass is 35.5. The fourth-order valence-electron chi connectivity index (χ4n) is 2.91. The Balaban J connectivity index is 2.39. The zero-order valence-electron chi connectivity index (χ0n) is 17.2. The molecule has 0 saturated heterocycles. The maximum absolute atomic E-state index is 13.1. The van der Waals surface area contributed by atoms with Crippen LogP contribution >= 0.6 is 11.6 Å². The van der Waals surface area contributed by atoms with Crippen molar-refractivity contribution in [3.8, 4) is 0 Å². The second-order valence-corrected chi connectivity index (χ2v) is 9.51. The van der Waals surface area contributed by atoms with Crippen molar-refractivity contribution in [3.63, 3.8) is 0 Å². The van der Waals surface area contributed by atoms with Crippen LogP contribution < -0.4 is 5.32 Å². The van der Waals surface area contributed by atoms with E-state index >= 15 is 0 Å². The molecule has 2 aromatic carbocycles. The van der Waals surface area contributed by atoms with Crippen LogP contribution in [0.15, 0.2) is 54.6 Å². The Labute approximate surface area is 182 Å². The first kappa shape index (κ1) is 23.9. The lowest BCUT2D eigenvalue weighted by Crippen LogP contribution is -2.52. The molecule has 2 aromatic rings. The molecular weight excluding hydrogens is 426 g/mol. The van der Waals surface area contributed by atoms with E-state index in [4.69, 9.17) is 11.6 Å². The molecule has 0 aromatic heterocycles. The molecule has 0 aliphatic carbocycles. The number of halogens is 1. The summed E-state index contributed by atoms with van der Waals surface area (Å²) in [4.78, 5) is 27.3. The maximum Gasteiger partial charge on any atom is 0.242 e. The van der Waals surface area contributed by atoms with E-state index in [-0.39, 0.29) is 19.0 Å². The van der Waals surface area contributed by atoms with Crippen molar-refractivity contribution in [1.82, 2.24) is 14.5 Å². The normalized spacial score (nSPS) is 12.4. The average Bonchev–Trinajstić information content (AvgIpc) is 2.71. The van der Waals surface area contributed by atoms with Gasteiger partial charge in [0.15, 0.2) is 0 Å². The van der Waals surface area contributed by atoms with Gasteiger partial charge in [-0.2, -0.15) is 4.31 Å². The van der Waals surface area contributed by atoms with E-state index in [9.17, 15) is 18.0 Å². The van der Waals surface area contributed by atoms with E-state index in [0.29, 0.717) is 11.4 Å². The van der Waals surface area contributed by atoms with Crippen molar-refractivity contribution in [2.75, 3.05) is 26.9 Å². The number of carbonyl (C=O) groups is 2. The van der Waals surface area contributed by atoms with E-state index < -0.39 is 22.0 Å². The summed E-state index contributed by atoms with van der Waals surface area (Å²) in [6.07, 6.45) is 1.33. The Bertz CT molecular complexity index is 966. The second-order valence-electron chi connectivity index (χ2n) is 6.99. The smallest absolute Gasteiger partial charge is 0.242 e. The summed E-state index contributed by atoms with van der Waals surface area (Å²) >= 11 is 5.95. The fraction of sp³-hybridized carbons (Fsp3) is 0.333. The molecule has 1 atom stereocenters. The van der Waals surface area contributed by atoms with Crippen LogP contribution in [0.5, 0.6) is 0 Å². The standard InChI is InChI=1S/C21H26ClN3O4S/c1-23-21(27)19(13-16-7-5-4-6-8-16)25(14-17-9-11-18(22)12-10-17)20(26)15-24(2)30(3,28)29/h4-12,19H,13-15H2,1-3H3,(H,23,27)/t19-/m1/s1. The highest BCUT2D eigenvalue weighted by molar-refractivity contribution is 7.88. The van der Waals surface area contributed by atoms with Crippen molar-refractivity contribution >= 4 is 33.4 Å². The van der Waals surface area contributed by atoms with Crippen LogP contribution in [0.3, 0.4) is 0 Å². The highest BCUT2D eigenvalue weighted by Gasteiger charge is 2.31. The third-order valence-electron chi connectivity index (χ3n) is 4.71. The summed E-state index contributed by atoms with van der Waals surface area (Å²) in [6.45, 7) is -0.229. The molecule has 0 heterocycles. The second kappa shape index (κ2) is 10.6. The van der Waals surface area contributed by atoms with Gasteiger partial charge in [0, 0.05) is 32.1 Å². The molecule has 2 rings (SSSR count). The van der Waals surface area contributed by atoms with Gasteiger partial charge < -0.3 is 10.2 Å². The van der Waals surface area contributed by atoms with Crippen LogP contribution in [-0.2, 0) is 32.6 Å². The van der Waals surface area contributed by atoms with Gasteiger partial charge in [0.25, 0.3) is 0 Å². The number of likely N-dealkylation sites (N-methyl/N-ethyl adjacent to an activating group) is 2. The third kappa shape index (κ3) is 6.83. The quantitative estimate of drug-likeness (QED) is 0.631. The molecule has 30 heavy (non-hydrogen) atoms. The van der Waals surface area contributed by atoms with Gasteiger partial charge in [-0.05, 0) is 23.3 Å². The molecular formula is C21H26ClN3O4S. The monoisotopic (exact) mass is 451 g/mol. The molecule has 9 heteroatoms. The lowest BCUT2D eigenvalue weighted by Gasteiger charge is -2.32. The van der Waals surface area contributed by atoms with Gasteiger partial charge in [0.2, 0.25) is 21.8 Å².